The van der Waals surface area contributed by atoms with Gasteiger partial charge in [0, 0.05) is 10.9 Å². The third-order valence-electron chi connectivity index (χ3n) is 4.38. The van der Waals surface area contributed by atoms with E-state index in [1.807, 2.05) is 73.0 Å². The van der Waals surface area contributed by atoms with Crippen molar-refractivity contribution in [3.8, 4) is 0 Å². The van der Waals surface area contributed by atoms with Crippen LogP contribution in [0.3, 0.4) is 0 Å². The van der Waals surface area contributed by atoms with Crippen molar-refractivity contribution in [2.24, 2.45) is 0 Å². The van der Waals surface area contributed by atoms with E-state index in [-0.39, 0.29) is 17.9 Å². The van der Waals surface area contributed by atoms with E-state index in [1.54, 1.807) is 6.07 Å². The Kier molecular flexibility index (Phi) is 7.01. The SMILES string of the molecule is CC(NC(=O)C(Cc1ccccc1)NC(=O)c1cccs1)c1ccc(Br)cc1. The molecule has 0 saturated heterocycles. The first-order chi connectivity index (χ1) is 13.5. The summed E-state index contributed by atoms with van der Waals surface area (Å²) in [7, 11) is 0. The number of hydrogen-bond acceptors (Lipinski definition) is 3. The number of halogens is 1. The van der Waals surface area contributed by atoms with E-state index in [2.05, 4.69) is 26.6 Å². The highest BCUT2D eigenvalue weighted by Crippen LogP contribution is 2.17. The quantitative estimate of drug-likeness (QED) is 0.539. The van der Waals surface area contributed by atoms with Crippen molar-refractivity contribution in [2.75, 3.05) is 0 Å². The maximum Gasteiger partial charge on any atom is 0.262 e. The number of thiophene rings is 1. The van der Waals surface area contributed by atoms with Crippen LogP contribution in [0.5, 0.6) is 0 Å². The van der Waals surface area contributed by atoms with Crippen LogP contribution < -0.4 is 10.6 Å². The molecule has 3 rings (SSSR count). The van der Waals surface area contributed by atoms with Gasteiger partial charge >= 0.3 is 0 Å². The number of nitrogens with one attached hydrogen (secondary N) is 2. The Morgan fingerprint density at radius 3 is 2.32 bits per heavy atom. The molecule has 4 nitrogen and oxygen atoms in total. The summed E-state index contributed by atoms with van der Waals surface area (Å²) in [4.78, 5) is 26.1. The number of benzene rings is 2. The summed E-state index contributed by atoms with van der Waals surface area (Å²) in [5.74, 6) is -0.438. The maximum absolute atomic E-state index is 13.0. The summed E-state index contributed by atoms with van der Waals surface area (Å²) in [5.41, 5.74) is 1.99. The van der Waals surface area contributed by atoms with Gasteiger partial charge < -0.3 is 10.6 Å². The van der Waals surface area contributed by atoms with Crippen molar-refractivity contribution in [2.45, 2.75) is 25.4 Å². The fourth-order valence-corrected chi connectivity index (χ4v) is 3.74. The average Bonchev–Trinajstić information content (AvgIpc) is 3.23. The van der Waals surface area contributed by atoms with Crippen molar-refractivity contribution < 1.29 is 9.59 Å². The van der Waals surface area contributed by atoms with Crippen LogP contribution in [0.1, 0.15) is 33.8 Å². The smallest absolute Gasteiger partial charge is 0.262 e. The van der Waals surface area contributed by atoms with Crippen molar-refractivity contribution in [3.63, 3.8) is 0 Å². The predicted molar refractivity (Wildman–Crippen MR) is 116 cm³/mol. The van der Waals surface area contributed by atoms with Crippen LogP contribution in [-0.4, -0.2) is 17.9 Å². The molecule has 1 heterocycles. The van der Waals surface area contributed by atoms with E-state index < -0.39 is 6.04 Å². The first-order valence-corrected chi connectivity index (χ1v) is 10.6. The fraction of sp³-hybridized carbons (Fsp3) is 0.182. The van der Waals surface area contributed by atoms with Gasteiger partial charge in [0.25, 0.3) is 5.91 Å². The average molecular weight is 457 g/mol. The van der Waals surface area contributed by atoms with Gasteiger partial charge in [-0.1, -0.05) is 64.5 Å². The van der Waals surface area contributed by atoms with Crippen LogP contribution in [0.15, 0.2) is 76.6 Å². The fourth-order valence-electron chi connectivity index (χ4n) is 2.84. The highest BCUT2D eigenvalue weighted by atomic mass is 79.9. The number of carbonyl (C=O) groups excluding carboxylic acids is 2. The summed E-state index contributed by atoms with van der Waals surface area (Å²) >= 11 is 4.77. The Hall–Kier alpha value is -2.44. The van der Waals surface area contributed by atoms with Gasteiger partial charge in [-0.3, -0.25) is 9.59 Å². The summed E-state index contributed by atoms with van der Waals surface area (Å²) in [6.45, 7) is 1.93. The van der Waals surface area contributed by atoms with Gasteiger partial charge in [-0.2, -0.15) is 0 Å². The first kappa shape index (κ1) is 20.3. The number of amides is 2. The molecule has 0 fully saturated rings. The molecule has 2 aromatic carbocycles. The molecule has 144 valence electrons. The first-order valence-electron chi connectivity index (χ1n) is 8.97. The van der Waals surface area contributed by atoms with Crippen molar-refractivity contribution >= 4 is 39.1 Å². The molecule has 0 aliphatic rings. The van der Waals surface area contributed by atoms with Gasteiger partial charge in [0.15, 0.2) is 0 Å². The molecular formula is C22H21BrN2O2S. The number of rotatable bonds is 7. The van der Waals surface area contributed by atoms with E-state index in [1.165, 1.54) is 11.3 Å². The minimum Gasteiger partial charge on any atom is -0.348 e. The molecule has 2 unspecified atom stereocenters. The molecule has 2 amide bonds. The summed E-state index contributed by atoms with van der Waals surface area (Å²) in [5, 5.41) is 7.75. The molecule has 3 aromatic rings. The molecule has 0 radical (unpaired) electrons. The van der Waals surface area contributed by atoms with Crippen LogP contribution in [0, 0.1) is 0 Å². The molecule has 28 heavy (non-hydrogen) atoms. The van der Waals surface area contributed by atoms with E-state index in [0.717, 1.165) is 15.6 Å². The molecule has 0 aliphatic carbocycles. The Morgan fingerprint density at radius 2 is 1.68 bits per heavy atom. The molecule has 2 N–H and O–H groups in total. The molecular weight excluding hydrogens is 436 g/mol. The summed E-state index contributed by atoms with van der Waals surface area (Å²) in [6.07, 6.45) is 0.427. The van der Waals surface area contributed by atoms with Gasteiger partial charge in [0.2, 0.25) is 5.91 Å². The number of carbonyl (C=O) groups is 2. The molecule has 0 saturated carbocycles. The minimum absolute atomic E-state index is 0.169. The van der Waals surface area contributed by atoms with Gasteiger partial charge in [-0.05, 0) is 41.6 Å². The Balaban J connectivity index is 1.73. The van der Waals surface area contributed by atoms with Crippen LogP contribution >= 0.6 is 27.3 Å². The highest BCUT2D eigenvalue weighted by molar-refractivity contribution is 9.10. The third kappa shape index (κ3) is 5.53. The lowest BCUT2D eigenvalue weighted by atomic mass is 10.0. The Morgan fingerprint density at radius 1 is 0.964 bits per heavy atom. The molecule has 2 atom stereocenters. The zero-order valence-corrected chi connectivity index (χ0v) is 17.8. The van der Waals surface area contributed by atoms with Crippen molar-refractivity contribution in [1.82, 2.24) is 10.6 Å². The molecule has 0 aliphatic heterocycles. The predicted octanol–water partition coefficient (Wildman–Crippen LogP) is 4.73. The van der Waals surface area contributed by atoms with Crippen molar-refractivity contribution in [1.29, 1.82) is 0 Å². The molecule has 0 spiro atoms. The second-order valence-corrected chi connectivity index (χ2v) is 8.34. The van der Waals surface area contributed by atoms with E-state index in [0.29, 0.717) is 11.3 Å². The van der Waals surface area contributed by atoms with E-state index in [4.69, 9.17) is 0 Å². The highest BCUT2D eigenvalue weighted by Gasteiger charge is 2.24. The molecule has 6 heteroatoms. The Bertz CT molecular complexity index is 911. The zero-order chi connectivity index (χ0) is 19.9. The van der Waals surface area contributed by atoms with Crippen LogP contribution in [0.4, 0.5) is 0 Å². The lowest BCUT2D eigenvalue weighted by molar-refractivity contribution is -0.123. The topological polar surface area (TPSA) is 58.2 Å². The van der Waals surface area contributed by atoms with Gasteiger partial charge in [0.05, 0.1) is 10.9 Å². The minimum atomic E-state index is -0.658. The van der Waals surface area contributed by atoms with E-state index >= 15 is 0 Å². The van der Waals surface area contributed by atoms with Gasteiger partial charge in [0.1, 0.15) is 6.04 Å². The standard InChI is InChI=1S/C22H21BrN2O2S/c1-15(17-9-11-18(23)12-10-17)24-21(26)19(14-16-6-3-2-4-7-16)25-22(27)20-8-5-13-28-20/h2-13,15,19H,14H2,1H3,(H,24,26)(H,25,27). The monoisotopic (exact) mass is 456 g/mol. The normalized spacial score (nSPS) is 12.8. The van der Waals surface area contributed by atoms with Crippen LogP contribution in [0.25, 0.3) is 0 Å². The van der Waals surface area contributed by atoms with Crippen LogP contribution in [0.2, 0.25) is 0 Å². The zero-order valence-electron chi connectivity index (χ0n) is 15.4. The maximum atomic E-state index is 13.0. The summed E-state index contributed by atoms with van der Waals surface area (Å²) < 4.78 is 0.986. The lowest BCUT2D eigenvalue weighted by Crippen LogP contribution is -2.48. The number of hydrogen-bond donors (Lipinski definition) is 2. The second-order valence-electron chi connectivity index (χ2n) is 6.47. The van der Waals surface area contributed by atoms with Gasteiger partial charge in [-0.25, -0.2) is 0 Å². The Labute approximate surface area is 177 Å². The third-order valence-corrected chi connectivity index (χ3v) is 5.78. The summed E-state index contributed by atoms with van der Waals surface area (Å²) in [6, 6.07) is 20.2. The lowest BCUT2D eigenvalue weighted by Gasteiger charge is -2.22. The van der Waals surface area contributed by atoms with Gasteiger partial charge in [-0.15, -0.1) is 11.3 Å². The van der Waals surface area contributed by atoms with E-state index in [9.17, 15) is 9.59 Å². The molecule has 0 bridgehead atoms. The molecule has 1 aromatic heterocycles. The largest absolute Gasteiger partial charge is 0.348 e. The second kappa shape index (κ2) is 9.66. The van der Waals surface area contributed by atoms with Crippen LogP contribution in [-0.2, 0) is 11.2 Å². The van der Waals surface area contributed by atoms with Crippen molar-refractivity contribution in [3.05, 3.63) is 92.6 Å².